The van der Waals surface area contributed by atoms with E-state index in [0.717, 1.165) is 11.3 Å². The number of amides is 1. The summed E-state index contributed by atoms with van der Waals surface area (Å²) >= 11 is 10.1. The Morgan fingerprint density at radius 3 is 2.56 bits per heavy atom. The highest BCUT2D eigenvalue weighted by Gasteiger charge is 2.19. The number of rotatable bonds is 7. The van der Waals surface area contributed by atoms with E-state index in [4.69, 9.17) is 27.8 Å². The summed E-state index contributed by atoms with van der Waals surface area (Å²) in [4.78, 5) is 33.9. The summed E-state index contributed by atoms with van der Waals surface area (Å²) in [6.45, 7) is 2.75. The molecule has 1 saturated heterocycles. The molecule has 2 aromatic carbocycles. The molecule has 180 valence electrons. The second-order valence-electron chi connectivity index (χ2n) is 7.96. The van der Waals surface area contributed by atoms with Crippen LogP contribution in [0.25, 0.3) is 10.9 Å². The van der Waals surface area contributed by atoms with Gasteiger partial charge in [0, 0.05) is 38.4 Å². The normalized spacial score (nSPS) is 15.4. The molecule has 1 fully saturated rings. The van der Waals surface area contributed by atoms with Crippen molar-refractivity contribution >= 4 is 56.8 Å². The Bertz CT molecular complexity index is 1290. The van der Waals surface area contributed by atoms with Crippen molar-refractivity contribution in [1.82, 2.24) is 19.8 Å². The Morgan fingerprint density at radius 1 is 1.09 bits per heavy atom. The van der Waals surface area contributed by atoms with Crippen molar-refractivity contribution in [1.29, 1.82) is 0 Å². The van der Waals surface area contributed by atoms with Crippen molar-refractivity contribution < 1.29 is 13.6 Å². The second-order valence-corrected chi connectivity index (χ2v) is 9.68. The van der Waals surface area contributed by atoms with Crippen molar-refractivity contribution in [3.63, 3.8) is 0 Å². The molecule has 0 radical (unpaired) electrons. The van der Waals surface area contributed by atoms with E-state index < -0.39 is 11.1 Å². The molecule has 2 heterocycles. The molecule has 0 bridgehead atoms. The number of halogens is 2. The van der Waals surface area contributed by atoms with Crippen molar-refractivity contribution in [2.24, 2.45) is 0 Å². The SMILES string of the molecule is O=C(Cn1cnc2ccc(N3CCN(CS(=O)O)CC3)cc2c1=O)NCc1ccc(Cl)c(Cl)c1. The Labute approximate surface area is 208 Å². The van der Waals surface area contributed by atoms with E-state index in [1.165, 1.54) is 10.9 Å². The fourth-order valence-electron chi connectivity index (χ4n) is 3.81. The van der Waals surface area contributed by atoms with Crippen molar-refractivity contribution in [3.8, 4) is 0 Å². The van der Waals surface area contributed by atoms with Gasteiger partial charge in [0.25, 0.3) is 5.56 Å². The number of piperazine rings is 1. The van der Waals surface area contributed by atoms with E-state index in [1.807, 2.05) is 11.0 Å². The van der Waals surface area contributed by atoms with E-state index in [2.05, 4.69) is 15.2 Å². The minimum atomic E-state index is -1.85. The summed E-state index contributed by atoms with van der Waals surface area (Å²) in [5.74, 6) is -0.198. The van der Waals surface area contributed by atoms with E-state index in [-0.39, 0.29) is 30.4 Å². The van der Waals surface area contributed by atoms with Crippen LogP contribution in [0.3, 0.4) is 0 Å². The first-order valence-corrected chi connectivity index (χ1v) is 12.6. The molecular weight excluding hydrogens is 501 g/mol. The molecule has 1 unspecified atom stereocenters. The summed E-state index contributed by atoms with van der Waals surface area (Å²) in [6.07, 6.45) is 1.37. The molecule has 12 heteroatoms. The first-order chi connectivity index (χ1) is 16.3. The lowest BCUT2D eigenvalue weighted by Gasteiger charge is -2.35. The van der Waals surface area contributed by atoms with Gasteiger partial charge in [-0.3, -0.25) is 19.1 Å². The number of nitrogens with one attached hydrogen (secondary N) is 1. The highest BCUT2D eigenvalue weighted by Crippen LogP contribution is 2.23. The monoisotopic (exact) mass is 523 g/mol. The van der Waals surface area contributed by atoms with Crippen LogP contribution in [-0.2, 0) is 29.0 Å². The molecule has 0 saturated carbocycles. The molecule has 1 aromatic heterocycles. The third-order valence-corrected chi connectivity index (χ3v) is 6.95. The number of fused-ring (bicyclic) bond motifs is 1. The number of hydrogen-bond acceptors (Lipinski definition) is 6. The van der Waals surface area contributed by atoms with Crippen molar-refractivity contribution in [2.75, 3.05) is 37.0 Å². The zero-order valence-electron chi connectivity index (χ0n) is 18.1. The van der Waals surface area contributed by atoms with E-state index in [9.17, 15) is 13.8 Å². The third kappa shape index (κ3) is 5.94. The molecule has 2 N–H and O–H groups in total. The Hall–Kier alpha value is -2.50. The Kier molecular flexibility index (Phi) is 7.84. The average Bonchev–Trinajstić information content (AvgIpc) is 2.82. The number of anilines is 1. The van der Waals surface area contributed by atoms with Crippen LogP contribution < -0.4 is 15.8 Å². The average molecular weight is 524 g/mol. The van der Waals surface area contributed by atoms with Crippen LogP contribution in [0.4, 0.5) is 5.69 Å². The predicted octanol–water partition coefficient (Wildman–Crippen LogP) is 2.32. The first kappa shape index (κ1) is 24.6. The van der Waals surface area contributed by atoms with Gasteiger partial charge in [-0.05, 0) is 35.9 Å². The summed E-state index contributed by atoms with van der Waals surface area (Å²) < 4.78 is 21.4. The maximum absolute atomic E-state index is 13.1. The quantitative estimate of drug-likeness (QED) is 0.457. The maximum atomic E-state index is 13.1. The van der Waals surface area contributed by atoms with Crippen LogP contribution in [0.2, 0.25) is 10.0 Å². The number of benzene rings is 2. The van der Waals surface area contributed by atoms with Crippen molar-refractivity contribution in [3.05, 3.63) is 68.7 Å². The van der Waals surface area contributed by atoms with Crippen LogP contribution in [0, 0.1) is 0 Å². The molecule has 4 rings (SSSR count). The zero-order chi connectivity index (χ0) is 24.2. The topological polar surface area (TPSA) is 108 Å². The van der Waals surface area contributed by atoms with Gasteiger partial charge in [0.2, 0.25) is 5.91 Å². The summed E-state index contributed by atoms with van der Waals surface area (Å²) in [5, 5.41) is 4.04. The van der Waals surface area contributed by atoms with Crippen molar-refractivity contribution in [2.45, 2.75) is 13.1 Å². The van der Waals surface area contributed by atoms with Gasteiger partial charge in [0.15, 0.2) is 11.1 Å². The molecule has 1 aliphatic rings. The minimum absolute atomic E-state index is 0.132. The van der Waals surface area contributed by atoms with Gasteiger partial charge in [0.05, 0.1) is 27.3 Å². The number of carbonyl (C=O) groups excluding carboxylic acids is 1. The molecule has 34 heavy (non-hydrogen) atoms. The molecular formula is C22H23Cl2N5O4S. The lowest BCUT2D eigenvalue weighted by atomic mass is 10.2. The lowest BCUT2D eigenvalue weighted by molar-refractivity contribution is -0.121. The fourth-order valence-corrected chi connectivity index (χ4v) is 4.70. The largest absolute Gasteiger partial charge is 0.369 e. The summed E-state index contributed by atoms with van der Waals surface area (Å²) in [6, 6.07) is 10.6. The molecule has 1 atom stereocenters. The molecule has 3 aromatic rings. The summed E-state index contributed by atoms with van der Waals surface area (Å²) in [5.41, 5.74) is 1.92. The van der Waals surface area contributed by atoms with Crippen LogP contribution in [-0.4, -0.2) is 61.2 Å². The summed E-state index contributed by atoms with van der Waals surface area (Å²) in [7, 11) is 0. The second kappa shape index (κ2) is 10.8. The standard InChI is InChI=1S/C22H23Cl2N5O4S/c23-18-3-1-15(9-19(18)24)11-25-21(30)12-29-13-26-20-4-2-16(10-17(20)22(29)31)28-7-5-27(6-8-28)14-34(32)33/h1-4,9-10,13H,5-8,11-12,14H2,(H,25,30)(H,32,33). The highest BCUT2D eigenvalue weighted by atomic mass is 35.5. The van der Waals surface area contributed by atoms with E-state index in [1.54, 1.807) is 30.3 Å². The van der Waals surface area contributed by atoms with Gasteiger partial charge in [-0.25, -0.2) is 9.19 Å². The molecule has 1 aliphatic heterocycles. The predicted molar refractivity (Wildman–Crippen MR) is 134 cm³/mol. The minimum Gasteiger partial charge on any atom is -0.369 e. The number of carbonyl (C=O) groups is 1. The van der Waals surface area contributed by atoms with E-state index >= 15 is 0 Å². The first-order valence-electron chi connectivity index (χ1n) is 10.5. The van der Waals surface area contributed by atoms with Gasteiger partial charge in [0.1, 0.15) is 12.4 Å². The Morgan fingerprint density at radius 2 is 1.85 bits per heavy atom. The smallest absolute Gasteiger partial charge is 0.261 e. The molecule has 1 amide bonds. The van der Waals surface area contributed by atoms with Gasteiger partial charge in [-0.2, -0.15) is 0 Å². The molecule has 0 spiro atoms. The van der Waals surface area contributed by atoms with Crippen LogP contribution in [0.1, 0.15) is 5.56 Å². The van der Waals surface area contributed by atoms with Crippen LogP contribution in [0.5, 0.6) is 0 Å². The van der Waals surface area contributed by atoms with Crippen LogP contribution >= 0.6 is 23.2 Å². The third-order valence-electron chi connectivity index (χ3n) is 5.63. The van der Waals surface area contributed by atoms with Gasteiger partial charge < -0.3 is 14.8 Å². The fraction of sp³-hybridized carbons (Fsp3) is 0.318. The Balaban J connectivity index is 1.44. The van der Waals surface area contributed by atoms with Crippen LogP contribution in [0.15, 0.2) is 47.5 Å². The van der Waals surface area contributed by atoms with Gasteiger partial charge >= 0.3 is 0 Å². The van der Waals surface area contributed by atoms with Gasteiger partial charge in [-0.15, -0.1) is 0 Å². The number of hydrogen-bond donors (Lipinski definition) is 2. The molecule has 9 nitrogen and oxygen atoms in total. The lowest BCUT2D eigenvalue weighted by Crippen LogP contribution is -2.47. The highest BCUT2D eigenvalue weighted by molar-refractivity contribution is 7.79. The molecule has 0 aliphatic carbocycles. The number of nitrogens with zero attached hydrogens (tertiary/aromatic N) is 4. The van der Waals surface area contributed by atoms with E-state index in [0.29, 0.717) is 47.1 Å². The zero-order valence-corrected chi connectivity index (χ0v) is 20.4. The maximum Gasteiger partial charge on any atom is 0.261 e. The van der Waals surface area contributed by atoms with Gasteiger partial charge in [-0.1, -0.05) is 29.3 Å². The number of aromatic nitrogens is 2.